The van der Waals surface area contributed by atoms with Crippen molar-refractivity contribution in [3.05, 3.63) is 23.2 Å². The molecule has 19 heavy (non-hydrogen) atoms. The zero-order valence-corrected chi connectivity index (χ0v) is 13.5. The summed E-state index contributed by atoms with van der Waals surface area (Å²) < 4.78 is 1.17. The van der Waals surface area contributed by atoms with Gasteiger partial charge in [-0.15, -0.1) is 24.8 Å². The molecular formula is C12H16Cl3N3S. The fraction of sp³-hybridized carbons (Fsp3) is 0.417. The fourth-order valence-corrected chi connectivity index (χ4v) is 3.35. The van der Waals surface area contributed by atoms with Crippen molar-refractivity contribution in [2.45, 2.75) is 6.42 Å². The van der Waals surface area contributed by atoms with E-state index in [1.54, 1.807) is 11.3 Å². The summed E-state index contributed by atoms with van der Waals surface area (Å²) in [6, 6.07) is 5.89. The van der Waals surface area contributed by atoms with E-state index >= 15 is 0 Å². The number of benzene rings is 1. The van der Waals surface area contributed by atoms with Crippen molar-refractivity contribution in [2.24, 2.45) is 0 Å². The van der Waals surface area contributed by atoms with E-state index in [4.69, 9.17) is 11.6 Å². The van der Waals surface area contributed by atoms with Gasteiger partial charge in [0.2, 0.25) is 0 Å². The molecule has 7 heteroatoms. The normalized spacial score (nSPS) is 15.5. The Morgan fingerprint density at radius 2 is 2.05 bits per heavy atom. The number of nitrogens with one attached hydrogen (secondary N) is 1. The van der Waals surface area contributed by atoms with Crippen molar-refractivity contribution in [1.82, 2.24) is 10.3 Å². The molecule has 0 amide bonds. The van der Waals surface area contributed by atoms with Crippen molar-refractivity contribution in [3.8, 4) is 0 Å². The fourth-order valence-electron chi connectivity index (χ4n) is 2.06. The van der Waals surface area contributed by atoms with E-state index < -0.39 is 0 Å². The summed E-state index contributed by atoms with van der Waals surface area (Å²) in [5.41, 5.74) is 1.05. The number of halogens is 3. The van der Waals surface area contributed by atoms with Crippen LogP contribution in [0.2, 0.25) is 5.02 Å². The van der Waals surface area contributed by atoms with Crippen LogP contribution in [0.15, 0.2) is 18.2 Å². The van der Waals surface area contributed by atoms with Crippen LogP contribution in [0.3, 0.4) is 0 Å². The standard InChI is InChI=1S/C12H14ClN3S.2ClH/c13-9-2-3-10-11(8-9)17-12(15-10)16-6-1-4-14-5-7-16;;/h2-3,8,14H,1,4-7H2;2*1H. The van der Waals surface area contributed by atoms with Crippen molar-refractivity contribution < 1.29 is 0 Å². The summed E-state index contributed by atoms with van der Waals surface area (Å²) in [5, 5.41) is 5.30. The third-order valence-electron chi connectivity index (χ3n) is 2.95. The second kappa shape index (κ2) is 7.50. The Bertz CT molecular complexity index is 524. The van der Waals surface area contributed by atoms with Crippen LogP contribution in [0.25, 0.3) is 10.2 Å². The van der Waals surface area contributed by atoms with Gasteiger partial charge < -0.3 is 10.2 Å². The average Bonchev–Trinajstić information content (AvgIpc) is 2.57. The summed E-state index contributed by atoms with van der Waals surface area (Å²) >= 11 is 7.72. The van der Waals surface area contributed by atoms with E-state index in [0.29, 0.717) is 0 Å². The maximum atomic E-state index is 6.00. The smallest absolute Gasteiger partial charge is 0.186 e. The number of aromatic nitrogens is 1. The number of hydrogen-bond donors (Lipinski definition) is 1. The summed E-state index contributed by atoms with van der Waals surface area (Å²) in [5.74, 6) is 0. The van der Waals surface area contributed by atoms with Gasteiger partial charge in [-0.05, 0) is 31.2 Å². The first kappa shape index (κ1) is 16.8. The van der Waals surface area contributed by atoms with Crippen LogP contribution in [0.5, 0.6) is 0 Å². The molecule has 0 spiro atoms. The zero-order valence-electron chi connectivity index (χ0n) is 10.3. The molecule has 0 saturated carbocycles. The minimum Gasteiger partial charge on any atom is -0.347 e. The van der Waals surface area contributed by atoms with Gasteiger partial charge in [0.1, 0.15) is 0 Å². The van der Waals surface area contributed by atoms with Crippen LogP contribution in [0.4, 0.5) is 5.13 Å². The van der Waals surface area contributed by atoms with E-state index in [9.17, 15) is 0 Å². The van der Waals surface area contributed by atoms with Gasteiger partial charge in [-0.3, -0.25) is 0 Å². The molecular weight excluding hydrogens is 325 g/mol. The number of nitrogens with zero attached hydrogens (tertiary/aromatic N) is 2. The van der Waals surface area contributed by atoms with Crippen molar-refractivity contribution >= 4 is 63.1 Å². The van der Waals surface area contributed by atoms with E-state index in [1.807, 2.05) is 18.2 Å². The van der Waals surface area contributed by atoms with Crippen LogP contribution in [-0.2, 0) is 0 Å². The lowest BCUT2D eigenvalue weighted by Gasteiger charge is -2.17. The van der Waals surface area contributed by atoms with E-state index in [1.165, 1.54) is 11.1 Å². The Labute approximate surface area is 134 Å². The highest BCUT2D eigenvalue weighted by atomic mass is 35.5. The summed E-state index contributed by atoms with van der Waals surface area (Å²) in [4.78, 5) is 7.04. The molecule has 0 aliphatic carbocycles. The van der Waals surface area contributed by atoms with Gasteiger partial charge in [0, 0.05) is 24.7 Å². The molecule has 1 N–H and O–H groups in total. The van der Waals surface area contributed by atoms with Gasteiger partial charge in [0.25, 0.3) is 0 Å². The average molecular weight is 341 g/mol. The first-order valence-electron chi connectivity index (χ1n) is 5.85. The minimum atomic E-state index is 0. The Morgan fingerprint density at radius 1 is 1.21 bits per heavy atom. The first-order valence-corrected chi connectivity index (χ1v) is 7.04. The molecule has 0 radical (unpaired) electrons. The third kappa shape index (κ3) is 3.86. The maximum Gasteiger partial charge on any atom is 0.186 e. The molecule has 106 valence electrons. The molecule has 3 rings (SSSR count). The predicted octanol–water partition coefficient (Wildman–Crippen LogP) is 3.59. The van der Waals surface area contributed by atoms with Crippen LogP contribution in [0.1, 0.15) is 6.42 Å². The van der Waals surface area contributed by atoms with Gasteiger partial charge in [0.15, 0.2) is 5.13 Å². The summed E-state index contributed by atoms with van der Waals surface area (Å²) in [6.45, 7) is 4.26. The van der Waals surface area contributed by atoms with Crippen LogP contribution in [-0.4, -0.2) is 31.2 Å². The summed E-state index contributed by atoms with van der Waals surface area (Å²) in [7, 11) is 0. The van der Waals surface area contributed by atoms with E-state index in [0.717, 1.165) is 41.8 Å². The second-order valence-electron chi connectivity index (χ2n) is 4.20. The lowest BCUT2D eigenvalue weighted by Crippen LogP contribution is -2.27. The second-order valence-corrected chi connectivity index (χ2v) is 5.64. The first-order chi connectivity index (χ1) is 8.33. The number of rotatable bonds is 1. The lowest BCUT2D eigenvalue weighted by atomic mass is 10.3. The molecule has 3 nitrogen and oxygen atoms in total. The van der Waals surface area contributed by atoms with Gasteiger partial charge >= 0.3 is 0 Å². The minimum absolute atomic E-state index is 0. The monoisotopic (exact) mass is 339 g/mol. The van der Waals surface area contributed by atoms with Crippen LogP contribution in [0, 0.1) is 0 Å². The molecule has 0 bridgehead atoms. The molecule has 1 saturated heterocycles. The number of fused-ring (bicyclic) bond motifs is 1. The molecule has 1 aliphatic rings. The Hall–Kier alpha value is -0.260. The molecule has 1 aromatic carbocycles. The molecule has 2 aromatic rings. The molecule has 0 unspecified atom stereocenters. The Morgan fingerprint density at radius 3 is 2.89 bits per heavy atom. The molecule has 2 heterocycles. The highest BCUT2D eigenvalue weighted by Crippen LogP contribution is 2.30. The van der Waals surface area contributed by atoms with Gasteiger partial charge in [0.05, 0.1) is 10.2 Å². The van der Waals surface area contributed by atoms with Gasteiger partial charge in [-0.2, -0.15) is 0 Å². The van der Waals surface area contributed by atoms with Gasteiger partial charge in [-0.1, -0.05) is 22.9 Å². The molecule has 1 aliphatic heterocycles. The topological polar surface area (TPSA) is 28.2 Å². The van der Waals surface area contributed by atoms with E-state index in [2.05, 4.69) is 15.2 Å². The highest BCUT2D eigenvalue weighted by molar-refractivity contribution is 7.22. The van der Waals surface area contributed by atoms with Crippen molar-refractivity contribution in [3.63, 3.8) is 0 Å². The lowest BCUT2D eigenvalue weighted by molar-refractivity contribution is 0.724. The largest absolute Gasteiger partial charge is 0.347 e. The van der Waals surface area contributed by atoms with Crippen molar-refractivity contribution in [1.29, 1.82) is 0 Å². The maximum absolute atomic E-state index is 6.00. The highest BCUT2D eigenvalue weighted by Gasteiger charge is 2.13. The number of hydrogen-bond acceptors (Lipinski definition) is 4. The Balaban J connectivity index is 0.000000902. The Kier molecular flexibility index (Phi) is 6.63. The number of thiazole rings is 1. The summed E-state index contributed by atoms with van der Waals surface area (Å²) in [6.07, 6.45) is 1.18. The van der Waals surface area contributed by atoms with Gasteiger partial charge in [-0.25, -0.2) is 4.98 Å². The number of anilines is 1. The van der Waals surface area contributed by atoms with Crippen LogP contribution < -0.4 is 10.2 Å². The third-order valence-corrected chi connectivity index (χ3v) is 4.26. The van der Waals surface area contributed by atoms with Crippen LogP contribution >= 0.6 is 47.8 Å². The van der Waals surface area contributed by atoms with Crippen molar-refractivity contribution in [2.75, 3.05) is 31.1 Å². The van der Waals surface area contributed by atoms with E-state index in [-0.39, 0.29) is 24.8 Å². The molecule has 1 aromatic heterocycles. The quantitative estimate of drug-likeness (QED) is 0.860. The SMILES string of the molecule is Cl.Cl.Clc1ccc2nc(N3CCCNCC3)sc2c1. The molecule has 1 fully saturated rings. The molecule has 0 atom stereocenters. The zero-order chi connectivity index (χ0) is 11.7. The predicted molar refractivity (Wildman–Crippen MR) is 88.8 cm³/mol.